The van der Waals surface area contributed by atoms with Crippen LogP contribution < -0.4 is 11.1 Å². The van der Waals surface area contributed by atoms with E-state index < -0.39 is 5.82 Å². The Morgan fingerprint density at radius 2 is 2.20 bits per heavy atom. The van der Waals surface area contributed by atoms with Gasteiger partial charge in [-0.05, 0) is 38.3 Å². The summed E-state index contributed by atoms with van der Waals surface area (Å²) >= 11 is 0. The van der Waals surface area contributed by atoms with Gasteiger partial charge in [0.1, 0.15) is 29.2 Å². The second-order valence-corrected chi connectivity index (χ2v) is 8.55. The van der Waals surface area contributed by atoms with Gasteiger partial charge in [0.05, 0.1) is 17.0 Å². The zero-order valence-electron chi connectivity index (χ0n) is 19.2. The third kappa shape index (κ3) is 4.14. The third-order valence-corrected chi connectivity index (χ3v) is 5.72. The number of nitrogens with two attached hydrogens (primary N) is 1. The number of fused-ring (bicyclic) bond motifs is 2. The van der Waals surface area contributed by atoms with Crippen molar-refractivity contribution in [3.8, 4) is 11.8 Å². The second-order valence-electron chi connectivity index (χ2n) is 8.55. The number of anilines is 2. The first-order chi connectivity index (χ1) is 16.8. The van der Waals surface area contributed by atoms with E-state index >= 15 is 0 Å². The fourth-order valence-electron chi connectivity index (χ4n) is 4.09. The van der Waals surface area contributed by atoms with Crippen LogP contribution in [0.25, 0.3) is 22.1 Å². The molecule has 1 aliphatic rings. The van der Waals surface area contributed by atoms with Crippen LogP contribution in [0.3, 0.4) is 0 Å². The second kappa shape index (κ2) is 8.72. The van der Waals surface area contributed by atoms with Crippen molar-refractivity contribution in [3.05, 3.63) is 48.2 Å². The number of benzene rings is 1. The topological polar surface area (TPSA) is 128 Å². The Labute approximate surface area is 200 Å². The monoisotopic (exact) mass is 474 g/mol. The number of aromatic nitrogens is 5. The van der Waals surface area contributed by atoms with Crippen molar-refractivity contribution in [2.75, 3.05) is 24.1 Å². The molecule has 178 valence electrons. The van der Waals surface area contributed by atoms with Gasteiger partial charge in [-0.1, -0.05) is 12.5 Å². The fourth-order valence-corrected chi connectivity index (χ4v) is 4.09. The van der Waals surface area contributed by atoms with E-state index in [-0.39, 0.29) is 29.4 Å². The first-order valence-corrected chi connectivity index (χ1v) is 11.1. The third-order valence-electron chi connectivity index (χ3n) is 5.72. The van der Waals surface area contributed by atoms with Crippen LogP contribution in [-0.2, 0) is 4.79 Å². The number of hydrogen-bond donors (Lipinski definition) is 2. The Hall–Kier alpha value is -4.46. The van der Waals surface area contributed by atoms with Crippen LogP contribution in [0.15, 0.2) is 35.5 Å². The molecule has 0 aliphatic carbocycles. The molecule has 1 fully saturated rings. The van der Waals surface area contributed by atoms with Gasteiger partial charge < -0.3 is 20.4 Å². The number of amides is 1. The molecule has 10 nitrogen and oxygen atoms in total. The summed E-state index contributed by atoms with van der Waals surface area (Å²) in [5.74, 6) is 5.31. The zero-order chi connectivity index (χ0) is 24.7. The van der Waals surface area contributed by atoms with E-state index in [1.54, 1.807) is 9.58 Å². The molecule has 3 N–H and O–H groups in total. The lowest BCUT2D eigenvalue weighted by Gasteiger charge is -2.14. The molecule has 5 rings (SSSR count). The number of carbonyl (C=O) groups is 1. The van der Waals surface area contributed by atoms with E-state index in [2.05, 4.69) is 43.8 Å². The van der Waals surface area contributed by atoms with E-state index in [4.69, 9.17) is 10.2 Å². The number of nitrogens with zero attached hydrogens (tertiary/aromatic N) is 6. The van der Waals surface area contributed by atoms with Crippen LogP contribution in [0.1, 0.15) is 37.6 Å². The van der Waals surface area contributed by atoms with Crippen molar-refractivity contribution in [2.45, 2.75) is 32.4 Å². The molecular formula is C24H23FN8O2. The van der Waals surface area contributed by atoms with Crippen molar-refractivity contribution in [2.24, 2.45) is 0 Å². The molecule has 1 atom stereocenters. The molecule has 0 saturated carbocycles. The number of likely N-dealkylation sites (tertiary alicyclic amines) is 1. The van der Waals surface area contributed by atoms with Gasteiger partial charge in [-0.2, -0.15) is 10.1 Å². The van der Waals surface area contributed by atoms with Gasteiger partial charge in [0.25, 0.3) is 6.01 Å². The first-order valence-electron chi connectivity index (χ1n) is 11.1. The predicted octanol–water partition coefficient (Wildman–Crippen LogP) is 2.87. The fraction of sp³-hybridized carbons (Fsp3) is 0.292. The van der Waals surface area contributed by atoms with Gasteiger partial charge in [-0.25, -0.2) is 19.0 Å². The van der Waals surface area contributed by atoms with Gasteiger partial charge >= 0.3 is 0 Å². The molecule has 0 spiro atoms. The summed E-state index contributed by atoms with van der Waals surface area (Å²) in [6.07, 6.45) is 3.34. The SMILES string of the molecule is C=CC(=O)N1CC[C@H](n2nc(C#Cc3cc4nc(NC(C)C)oc4cc3F)c3c(N)ncnc32)C1. The number of halogens is 1. The van der Waals surface area contributed by atoms with Crippen LogP contribution >= 0.6 is 0 Å². The molecular weight excluding hydrogens is 451 g/mol. The van der Waals surface area contributed by atoms with Crippen molar-refractivity contribution in [1.29, 1.82) is 0 Å². The minimum atomic E-state index is -0.542. The number of nitrogens with one attached hydrogen (secondary N) is 1. The number of rotatable bonds is 4. The highest BCUT2D eigenvalue weighted by Gasteiger charge is 2.29. The summed E-state index contributed by atoms with van der Waals surface area (Å²) in [6, 6.07) is 3.11. The molecule has 1 amide bonds. The molecule has 1 aliphatic heterocycles. The highest BCUT2D eigenvalue weighted by atomic mass is 19.1. The lowest BCUT2D eigenvalue weighted by Crippen LogP contribution is -2.27. The average Bonchev–Trinajstić information content (AvgIpc) is 3.53. The maximum atomic E-state index is 14.8. The van der Waals surface area contributed by atoms with Gasteiger partial charge in [0.15, 0.2) is 11.2 Å². The van der Waals surface area contributed by atoms with E-state index in [1.165, 1.54) is 24.5 Å². The minimum Gasteiger partial charge on any atom is -0.423 e. The molecule has 1 aromatic carbocycles. The maximum absolute atomic E-state index is 14.8. The Morgan fingerprint density at radius 3 is 2.97 bits per heavy atom. The standard InChI is InChI=1S/C24H23FN8O2/c1-4-20(34)32-8-7-15(11-32)33-23-21(22(26)27-12-28-23)17(31-33)6-5-14-9-18-19(10-16(14)25)35-24(30-18)29-13(2)3/h4,9-10,12-13,15H,1,7-8,11H2,2-3H3,(H,29,30)(H2,26,27,28)/t15-/m0/s1. The van der Waals surface area contributed by atoms with E-state index in [9.17, 15) is 9.18 Å². The number of nitrogen functional groups attached to an aromatic ring is 1. The summed E-state index contributed by atoms with van der Waals surface area (Å²) in [7, 11) is 0. The average molecular weight is 475 g/mol. The molecule has 4 aromatic rings. The largest absolute Gasteiger partial charge is 0.423 e. The summed E-state index contributed by atoms with van der Waals surface area (Å²) in [5, 5.41) is 8.17. The molecule has 35 heavy (non-hydrogen) atoms. The molecule has 0 bridgehead atoms. The molecule has 4 heterocycles. The number of carbonyl (C=O) groups excluding carboxylic acids is 1. The Balaban J connectivity index is 1.53. The van der Waals surface area contributed by atoms with Crippen molar-refractivity contribution in [3.63, 3.8) is 0 Å². The van der Waals surface area contributed by atoms with Crippen LogP contribution in [0.4, 0.5) is 16.2 Å². The highest BCUT2D eigenvalue weighted by Crippen LogP contribution is 2.29. The predicted molar refractivity (Wildman–Crippen MR) is 129 cm³/mol. The van der Waals surface area contributed by atoms with Crippen molar-refractivity contribution < 1.29 is 13.6 Å². The lowest BCUT2D eigenvalue weighted by atomic mass is 10.2. The Bertz CT molecular complexity index is 1530. The summed E-state index contributed by atoms with van der Waals surface area (Å²) in [4.78, 5) is 26.5. The molecule has 3 aromatic heterocycles. The molecule has 11 heteroatoms. The number of oxazole rings is 1. The Morgan fingerprint density at radius 1 is 1.37 bits per heavy atom. The Kier molecular flexibility index (Phi) is 5.56. The lowest BCUT2D eigenvalue weighted by molar-refractivity contribution is -0.125. The molecule has 1 saturated heterocycles. The summed E-state index contributed by atoms with van der Waals surface area (Å²) < 4.78 is 22.0. The van der Waals surface area contributed by atoms with E-state index in [1.807, 2.05) is 13.8 Å². The first kappa shape index (κ1) is 22.3. The number of hydrogen-bond acceptors (Lipinski definition) is 8. The maximum Gasteiger partial charge on any atom is 0.295 e. The van der Waals surface area contributed by atoms with Crippen LogP contribution in [-0.4, -0.2) is 54.7 Å². The summed E-state index contributed by atoms with van der Waals surface area (Å²) in [6.45, 7) is 8.49. The highest BCUT2D eigenvalue weighted by molar-refractivity contribution is 5.91. The zero-order valence-corrected chi connectivity index (χ0v) is 19.2. The van der Waals surface area contributed by atoms with Crippen LogP contribution in [0.2, 0.25) is 0 Å². The summed E-state index contributed by atoms with van der Waals surface area (Å²) in [5.41, 5.74) is 7.91. The van der Waals surface area contributed by atoms with Crippen molar-refractivity contribution >= 4 is 39.9 Å². The van der Waals surface area contributed by atoms with Gasteiger partial charge in [0, 0.05) is 25.2 Å². The van der Waals surface area contributed by atoms with E-state index in [0.717, 1.165) is 0 Å². The van der Waals surface area contributed by atoms with Crippen molar-refractivity contribution in [1.82, 2.24) is 29.6 Å². The van der Waals surface area contributed by atoms with E-state index in [0.29, 0.717) is 53.4 Å². The smallest absolute Gasteiger partial charge is 0.295 e. The van der Waals surface area contributed by atoms with Gasteiger partial charge in [-0.15, -0.1) is 0 Å². The van der Waals surface area contributed by atoms with Gasteiger partial charge in [0.2, 0.25) is 5.91 Å². The molecule has 0 unspecified atom stereocenters. The van der Waals surface area contributed by atoms with Gasteiger partial charge in [-0.3, -0.25) is 4.79 Å². The quantitative estimate of drug-likeness (QED) is 0.341. The van der Waals surface area contributed by atoms with Crippen LogP contribution in [0, 0.1) is 17.7 Å². The normalized spacial score (nSPS) is 15.5. The van der Waals surface area contributed by atoms with Crippen LogP contribution in [0.5, 0.6) is 0 Å². The molecule has 0 radical (unpaired) electrons. The minimum absolute atomic E-state index is 0.110.